The Morgan fingerprint density at radius 1 is 1.47 bits per heavy atom. The molecule has 0 aromatic heterocycles. The Morgan fingerprint density at radius 2 is 2.18 bits per heavy atom. The van der Waals surface area contributed by atoms with Gasteiger partial charge in [0.15, 0.2) is 0 Å². The first-order valence-electron chi connectivity index (χ1n) is 6.17. The average Bonchev–Trinajstić information content (AvgIpc) is 2.77. The standard InChI is InChI=1S/C14H19NO2/c1-11(12-5-3-2-4-6-12)9-14(17)15-8-7-13(16)10-15/h2-6,11,13,16H,7-10H2,1H3/t11-,13+/m0/s1. The summed E-state index contributed by atoms with van der Waals surface area (Å²) in [5, 5.41) is 9.41. The molecule has 92 valence electrons. The molecule has 2 rings (SSSR count). The van der Waals surface area contributed by atoms with Crippen LogP contribution in [0.5, 0.6) is 0 Å². The summed E-state index contributed by atoms with van der Waals surface area (Å²) in [6, 6.07) is 10.1. The predicted molar refractivity (Wildman–Crippen MR) is 66.7 cm³/mol. The Balaban J connectivity index is 1.91. The van der Waals surface area contributed by atoms with Crippen LogP contribution in [0.15, 0.2) is 30.3 Å². The summed E-state index contributed by atoms with van der Waals surface area (Å²) in [4.78, 5) is 13.8. The van der Waals surface area contributed by atoms with Crippen molar-refractivity contribution >= 4 is 5.91 Å². The van der Waals surface area contributed by atoms with Crippen LogP contribution in [0.1, 0.15) is 31.2 Å². The molecule has 1 aliphatic heterocycles. The van der Waals surface area contributed by atoms with Gasteiger partial charge in [0.2, 0.25) is 5.91 Å². The van der Waals surface area contributed by atoms with Gasteiger partial charge < -0.3 is 10.0 Å². The van der Waals surface area contributed by atoms with E-state index in [9.17, 15) is 9.90 Å². The maximum Gasteiger partial charge on any atom is 0.223 e. The van der Waals surface area contributed by atoms with Crippen LogP contribution in [-0.4, -0.2) is 35.1 Å². The predicted octanol–water partition coefficient (Wildman–Crippen LogP) is 1.77. The molecule has 3 heteroatoms. The zero-order valence-electron chi connectivity index (χ0n) is 10.2. The number of carbonyl (C=O) groups is 1. The molecule has 17 heavy (non-hydrogen) atoms. The number of nitrogens with zero attached hydrogens (tertiary/aromatic N) is 1. The zero-order chi connectivity index (χ0) is 12.3. The van der Waals surface area contributed by atoms with Crippen molar-refractivity contribution in [1.29, 1.82) is 0 Å². The molecule has 0 spiro atoms. The lowest BCUT2D eigenvalue weighted by molar-refractivity contribution is -0.130. The molecule has 0 unspecified atom stereocenters. The van der Waals surface area contributed by atoms with Crippen molar-refractivity contribution < 1.29 is 9.90 Å². The molecule has 1 aromatic carbocycles. The number of amides is 1. The van der Waals surface area contributed by atoms with Crippen LogP contribution >= 0.6 is 0 Å². The first-order chi connectivity index (χ1) is 8.16. The van der Waals surface area contributed by atoms with Crippen LogP contribution in [0.3, 0.4) is 0 Å². The fourth-order valence-corrected chi connectivity index (χ4v) is 2.26. The highest BCUT2D eigenvalue weighted by Gasteiger charge is 2.25. The van der Waals surface area contributed by atoms with Gasteiger partial charge in [-0.05, 0) is 17.9 Å². The number of aliphatic hydroxyl groups is 1. The second-order valence-corrected chi connectivity index (χ2v) is 4.80. The minimum atomic E-state index is -0.328. The number of β-amino-alcohol motifs (C(OH)–C–C–N with tert-alkyl or cyclic N) is 1. The van der Waals surface area contributed by atoms with E-state index in [2.05, 4.69) is 19.1 Å². The number of benzene rings is 1. The van der Waals surface area contributed by atoms with Crippen molar-refractivity contribution in [3.63, 3.8) is 0 Å². The molecular weight excluding hydrogens is 214 g/mol. The minimum Gasteiger partial charge on any atom is -0.391 e. The van der Waals surface area contributed by atoms with Gasteiger partial charge in [0.1, 0.15) is 0 Å². The van der Waals surface area contributed by atoms with Gasteiger partial charge in [-0.25, -0.2) is 0 Å². The van der Waals surface area contributed by atoms with Crippen molar-refractivity contribution in [2.45, 2.75) is 31.8 Å². The summed E-state index contributed by atoms with van der Waals surface area (Å²) in [6.07, 6.45) is 0.910. The zero-order valence-corrected chi connectivity index (χ0v) is 10.2. The molecule has 1 amide bonds. The van der Waals surface area contributed by atoms with Crippen molar-refractivity contribution in [1.82, 2.24) is 4.90 Å². The summed E-state index contributed by atoms with van der Waals surface area (Å²) in [7, 11) is 0. The monoisotopic (exact) mass is 233 g/mol. The van der Waals surface area contributed by atoms with Crippen molar-refractivity contribution in [2.75, 3.05) is 13.1 Å². The first kappa shape index (κ1) is 12.1. The maximum atomic E-state index is 12.0. The van der Waals surface area contributed by atoms with Gasteiger partial charge in [-0.15, -0.1) is 0 Å². The van der Waals surface area contributed by atoms with Crippen LogP contribution in [-0.2, 0) is 4.79 Å². The van der Waals surface area contributed by atoms with Crippen LogP contribution < -0.4 is 0 Å². The quantitative estimate of drug-likeness (QED) is 0.864. The third-order valence-electron chi connectivity index (χ3n) is 3.37. The van der Waals surface area contributed by atoms with E-state index < -0.39 is 0 Å². The molecule has 0 aliphatic carbocycles. The lowest BCUT2D eigenvalue weighted by Crippen LogP contribution is -2.30. The second kappa shape index (κ2) is 5.32. The van der Waals surface area contributed by atoms with Gasteiger partial charge in [-0.2, -0.15) is 0 Å². The van der Waals surface area contributed by atoms with Crippen LogP contribution in [0.4, 0.5) is 0 Å². The second-order valence-electron chi connectivity index (χ2n) is 4.80. The highest BCUT2D eigenvalue weighted by molar-refractivity contribution is 5.77. The van der Waals surface area contributed by atoms with Gasteiger partial charge in [0, 0.05) is 19.5 Å². The highest BCUT2D eigenvalue weighted by Crippen LogP contribution is 2.21. The molecule has 1 saturated heterocycles. The molecule has 0 saturated carbocycles. The Labute approximate surface area is 102 Å². The maximum absolute atomic E-state index is 12.0. The van der Waals surface area contributed by atoms with Gasteiger partial charge in [0.05, 0.1) is 6.10 Å². The van der Waals surface area contributed by atoms with E-state index in [4.69, 9.17) is 0 Å². The molecule has 0 bridgehead atoms. The van der Waals surface area contributed by atoms with Gasteiger partial charge in [-0.1, -0.05) is 37.3 Å². The Bertz CT molecular complexity index is 377. The van der Waals surface area contributed by atoms with E-state index >= 15 is 0 Å². The van der Waals surface area contributed by atoms with Gasteiger partial charge >= 0.3 is 0 Å². The number of rotatable bonds is 3. The number of carbonyl (C=O) groups excluding carboxylic acids is 1. The number of hydrogen-bond acceptors (Lipinski definition) is 2. The summed E-state index contributed by atoms with van der Waals surface area (Å²) in [5.74, 6) is 0.388. The molecule has 2 atom stereocenters. The Morgan fingerprint density at radius 3 is 2.76 bits per heavy atom. The molecule has 1 heterocycles. The summed E-state index contributed by atoms with van der Waals surface area (Å²) in [6.45, 7) is 3.27. The van der Waals surface area contributed by atoms with E-state index in [0.29, 0.717) is 25.9 Å². The highest BCUT2D eigenvalue weighted by atomic mass is 16.3. The summed E-state index contributed by atoms with van der Waals surface area (Å²) < 4.78 is 0. The third-order valence-corrected chi connectivity index (χ3v) is 3.37. The molecule has 1 aromatic rings. The molecule has 1 aliphatic rings. The Hall–Kier alpha value is -1.35. The summed E-state index contributed by atoms with van der Waals surface area (Å²) >= 11 is 0. The normalized spacial score (nSPS) is 21.5. The number of hydrogen-bond donors (Lipinski definition) is 1. The van der Waals surface area contributed by atoms with E-state index in [1.807, 2.05) is 18.2 Å². The lowest BCUT2D eigenvalue weighted by atomic mass is 9.97. The van der Waals surface area contributed by atoms with Gasteiger partial charge in [-0.3, -0.25) is 4.79 Å². The fraction of sp³-hybridized carbons (Fsp3) is 0.500. The molecule has 3 nitrogen and oxygen atoms in total. The fourth-order valence-electron chi connectivity index (χ4n) is 2.26. The third kappa shape index (κ3) is 3.07. The topological polar surface area (TPSA) is 40.5 Å². The average molecular weight is 233 g/mol. The van der Waals surface area contributed by atoms with Crippen molar-refractivity contribution in [3.05, 3.63) is 35.9 Å². The van der Waals surface area contributed by atoms with Crippen LogP contribution in [0.25, 0.3) is 0 Å². The first-order valence-corrected chi connectivity index (χ1v) is 6.17. The minimum absolute atomic E-state index is 0.151. The van der Waals surface area contributed by atoms with Gasteiger partial charge in [0.25, 0.3) is 0 Å². The SMILES string of the molecule is C[C@@H](CC(=O)N1CC[C@@H](O)C1)c1ccccc1. The molecule has 1 fully saturated rings. The van der Waals surface area contributed by atoms with E-state index in [1.165, 1.54) is 5.56 Å². The molecule has 1 N–H and O–H groups in total. The molecule has 0 radical (unpaired) electrons. The van der Waals surface area contributed by atoms with Crippen molar-refractivity contribution in [3.8, 4) is 0 Å². The molecular formula is C14H19NO2. The van der Waals surface area contributed by atoms with E-state index in [-0.39, 0.29) is 17.9 Å². The van der Waals surface area contributed by atoms with Crippen molar-refractivity contribution in [2.24, 2.45) is 0 Å². The van der Waals surface area contributed by atoms with E-state index in [1.54, 1.807) is 4.90 Å². The number of aliphatic hydroxyl groups excluding tert-OH is 1. The number of likely N-dealkylation sites (tertiary alicyclic amines) is 1. The largest absolute Gasteiger partial charge is 0.391 e. The Kier molecular flexibility index (Phi) is 3.79. The smallest absolute Gasteiger partial charge is 0.223 e. The lowest BCUT2D eigenvalue weighted by Gasteiger charge is -2.18. The van der Waals surface area contributed by atoms with E-state index in [0.717, 1.165) is 0 Å². The van der Waals surface area contributed by atoms with Crippen LogP contribution in [0.2, 0.25) is 0 Å². The van der Waals surface area contributed by atoms with Crippen LogP contribution in [0, 0.1) is 0 Å². The summed E-state index contributed by atoms with van der Waals surface area (Å²) in [5.41, 5.74) is 1.19.